The van der Waals surface area contributed by atoms with Gasteiger partial charge in [-0.2, -0.15) is 0 Å². The molecule has 0 unspecified atom stereocenters. The maximum absolute atomic E-state index is 11.7. The standard InChI is InChI=1S/C17H35N3O2/c1-2-3-4-5-6-7-8-9-13-16(21)20-17(22)15(19)12-10-11-14-18/h15H,2-14,18-19H2,1H3,(H,20,21,22)/t15-/m0/s1. The number of hydrogen-bond acceptors (Lipinski definition) is 4. The van der Waals surface area contributed by atoms with E-state index in [0.29, 0.717) is 19.4 Å². The Balaban J connectivity index is 3.53. The number of carbonyl (C=O) groups is 2. The van der Waals surface area contributed by atoms with Crippen LogP contribution < -0.4 is 16.8 Å². The molecule has 0 aromatic rings. The lowest BCUT2D eigenvalue weighted by Crippen LogP contribution is -2.43. The molecule has 5 N–H and O–H groups in total. The van der Waals surface area contributed by atoms with Crippen LogP contribution >= 0.6 is 0 Å². The Morgan fingerprint density at radius 3 is 2.09 bits per heavy atom. The SMILES string of the molecule is CCCCCCCCCCC(=O)NC(=O)[C@@H](N)CCCCN. The van der Waals surface area contributed by atoms with Gasteiger partial charge < -0.3 is 11.5 Å². The molecule has 130 valence electrons. The van der Waals surface area contributed by atoms with Gasteiger partial charge in [-0.3, -0.25) is 14.9 Å². The van der Waals surface area contributed by atoms with Gasteiger partial charge in [0.1, 0.15) is 0 Å². The zero-order valence-corrected chi connectivity index (χ0v) is 14.2. The number of rotatable bonds is 14. The Labute approximate surface area is 135 Å². The number of amides is 2. The van der Waals surface area contributed by atoms with Crippen LogP contribution in [0.15, 0.2) is 0 Å². The summed E-state index contributed by atoms with van der Waals surface area (Å²) in [7, 11) is 0. The van der Waals surface area contributed by atoms with Gasteiger partial charge >= 0.3 is 0 Å². The maximum Gasteiger partial charge on any atom is 0.243 e. The molecule has 0 saturated heterocycles. The largest absolute Gasteiger partial charge is 0.330 e. The molecule has 0 aromatic heterocycles. The molecule has 5 heteroatoms. The highest BCUT2D eigenvalue weighted by Crippen LogP contribution is 2.09. The monoisotopic (exact) mass is 313 g/mol. The molecule has 0 heterocycles. The Kier molecular flexibility index (Phi) is 14.3. The van der Waals surface area contributed by atoms with Crippen LogP contribution in [-0.2, 0) is 9.59 Å². The Bertz CT molecular complexity index is 296. The van der Waals surface area contributed by atoms with Crippen molar-refractivity contribution in [1.82, 2.24) is 5.32 Å². The fourth-order valence-corrected chi connectivity index (χ4v) is 2.35. The highest BCUT2D eigenvalue weighted by atomic mass is 16.2. The average molecular weight is 313 g/mol. The van der Waals surface area contributed by atoms with Gasteiger partial charge in [-0.1, -0.05) is 58.3 Å². The van der Waals surface area contributed by atoms with E-state index in [4.69, 9.17) is 11.5 Å². The molecule has 0 fully saturated rings. The maximum atomic E-state index is 11.7. The second-order valence-corrected chi connectivity index (χ2v) is 6.03. The lowest BCUT2D eigenvalue weighted by atomic mass is 10.1. The zero-order valence-electron chi connectivity index (χ0n) is 14.2. The van der Waals surface area contributed by atoms with Crippen molar-refractivity contribution in [3.63, 3.8) is 0 Å². The Morgan fingerprint density at radius 1 is 0.909 bits per heavy atom. The van der Waals surface area contributed by atoms with Crippen molar-refractivity contribution in [2.45, 2.75) is 90.0 Å². The number of carbonyl (C=O) groups excluding carboxylic acids is 2. The summed E-state index contributed by atoms with van der Waals surface area (Å²) in [5.41, 5.74) is 11.1. The first-order valence-electron chi connectivity index (χ1n) is 8.91. The van der Waals surface area contributed by atoms with E-state index in [2.05, 4.69) is 12.2 Å². The minimum atomic E-state index is -0.603. The summed E-state index contributed by atoms with van der Waals surface area (Å²) >= 11 is 0. The highest BCUT2D eigenvalue weighted by molar-refractivity contribution is 5.97. The molecule has 0 aliphatic heterocycles. The predicted molar refractivity (Wildman–Crippen MR) is 91.3 cm³/mol. The second-order valence-electron chi connectivity index (χ2n) is 6.03. The quantitative estimate of drug-likeness (QED) is 0.429. The summed E-state index contributed by atoms with van der Waals surface area (Å²) in [5.74, 6) is -0.563. The van der Waals surface area contributed by atoms with Gasteiger partial charge in [0.15, 0.2) is 0 Å². The summed E-state index contributed by atoms with van der Waals surface area (Å²) < 4.78 is 0. The first kappa shape index (κ1) is 21.1. The molecule has 2 amide bonds. The van der Waals surface area contributed by atoms with Crippen molar-refractivity contribution in [1.29, 1.82) is 0 Å². The molecule has 0 radical (unpaired) electrons. The van der Waals surface area contributed by atoms with Crippen LogP contribution in [0.25, 0.3) is 0 Å². The van der Waals surface area contributed by atoms with E-state index >= 15 is 0 Å². The lowest BCUT2D eigenvalue weighted by molar-refractivity contribution is -0.131. The summed E-state index contributed by atoms with van der Waals surface area (Å²) in [5, 5.41) is 2.39. The normalized spacial score (nSPS) is 12.1. The molecule has 0 bridgehead atoms. The number of hydrogen-bond donors (Lipinski definition) is 3. The summed E-state index contributed by atoms with van der Waals surface area (Å²) in [6, 6.07) is -0.603. The molecule has 22 heavy (non-hydrogen) atoms. The topological polar surface area (TPSA) is 98.2 Å². The van der Waals surface area contributed by atoms with Crippen LogP contribution in [-0.4, -0.2) is 24.4 Å². The van der Waals surface area contributed by atoms with Gasteiger partial charge in [0.2, 0.25) is 11.8 Å². The fraction of sp³-hybridized carbons (Fsp3) is 0.882. The van der Waals surface area contributed by atoms with Crippen molar-refractivity contribution < 1.29 is 9.59 Å². The number of imide groups is 1. The van der Waals surface area contributed by atoms with E-state index < -0.39 is 6.04 Å². The molecule has 0 spiro atoms. The minimum absolute atomic E-state index is 0.203. The highest BCUT2D eigenvalue weighted by Gasteiger charge is 2.15. The summed E-state index contributed by atoms with van der Waals surface area (Å²) in [4.78, 5) is 23.3. The van der Waals surface area contributed by atoms with E-state index in [0.717, 1.165) is 25.7 Å². The Hall–Kier alpha value is -0.940. The van der Waals surface area contributed by atoms with Crippen LogP contribution in [0, 0.1) is 0 Å². The van der Waals surface area contributed by atoms with Crippen molar-refractivity contribution in [3.05, 3.63) is 0 Å². The molecule has 0 aliphatic rings. The number of nitrogens with one attached hydrogen (secondary N) is 1. The van der Waals surface area contributed by atoms with Crippen LogP contribution in [0.5, 0.6) is 0 Å². The van der Waals surface area contributed by atoms with Crippen molar-refractivity contribution >= 4 is 11.8 Å². The third-order valence-corrected chi connectivity index (χ3v) is 3.83. The van der Waals surface area contributed by atoms with Gasteiger partial charge in [0, 0.05) is 6.42 Å². The van der Waals surface area contributed by atoms with Crippen LogP contribution in [0.3, 0.4) is 0 Å². The van der Waals surface area contributed by atoms with Crippen LogP contribution in [0.4, 0.5) is 0 Å². The van der Waals surface area contributed by atoms with Crippen molar-refractivity contribution in [3.8, 4) is 0 Å². The van der Waals surface area contributed by atoms with E-state index in [-0.39, 0.29) is 11.8 Å². The van der Waals surface area contributed by atoms with Crippen LogP contribution in [0.2, 0.25) is 0 Å². The zero-order chi connectivity index (χ0) is 16.6. The van der Waals surface area contributed by atoms with E-state index in [1.807, 2.05) is 0 Å². The fourth-order valence-electron chi connectivity index (χ4n) is 2.35. The Morgan fingerprint density at radius 2 is 1.50 bits per heavy atom. The van der Waals surface area contributed by atoms with E-state index in [1.54, 1.807) is 0 Å². The van der Waals surface area contributed by atoms with Crippen molar-refractivity contribution in [2.75, 3.05) is 6.54 Å². The third kappa shape index (κ3) is 12.8. The molecule has 1 atom stereocenters. The smallest absolute Gasteiger partial charge is 0.243 e. The molecule has 0 rings (SSSR count). The lowest BCUT2D eigenvalue weighted by Gasteiger charge is -2.11. The minimum Gasteiger partial charge on any atom is -0.330 e. The number of nitrogens with two attached hydrogens (primary N) is 2. The number of unbranched alkanes of at least 4 members (excludes halogenated alkanes) is 8. The van der Waals surface area contributed by atoms with Gasteiger partial charge in [-0.15, -0.1) is 0 Å². The van der Waals surface area contributed by atoms with Gasteiger partial charge in [0.05, 0.1) is 6.04 Å². The van der Waals surface area contributed by atoms with Gasteiger partial charge in [0.25, 0.3) is 0 Å². The molecular weight excluding hydrogens is 278 g/mol. The third-order valence-electron chi connectivity index (χ3n) is 3.83. The summed E-state index contributed by atoms with van der Waals surface area (Å²) in [6.07, 6.45) is 12.2. The second kappa shape index (κ2) is 15.0. The van der Waals surface area contributed by atoms with Gasteiger partial charge in [-0.25, -0.2) is 0 Å². The van der Waals surface area contributed by atoms with Crippen molar-refractivity contribution in [2.24, 2.45) is 11.5 Å². The molecule has 0 aliphatic carbocycles. The van der Waals surface area contributed by atoms with Crippen LogP contribution in [0.1, 0.15) is 84.0 Å². The first-order chi connectivity index (χ1) is 10.6. The first-order valence-corrected chi connectivity index (χ1v) is 8.91. The molecule has 5 nitrogen and oxygen atoms in total. The summed E-state index contributed by atoms with van der Waals surface area (Å²) in [6.45, 7) is 2.82. The molecule has 0 saturated carbocycles. The molecular formula is C17H35N3O2. The van der Waals surface area contributed by atoms with E-state index in [1.165, 1.54) is 38.5 Å². The van der Waals surface area contributed by atoms with E-state index in [9.17, 15) is 9.59 Å². The van der Waals surface area contributed by atoms with Gasteiger partial charge in [-0.05, 0) is 25.8 Å². The average Bonchev–Trinajstić information content (AvgIpc) is 2.50. The molecule has 0 aromatic carbocycles. The predicted octanol–water partition coefficient (Wildman–Crippen LogP) is 2.62.